The van der Waals surface area contributed by atoms with Crippen LogP contribution in [0.1, 0.15) is 18.4 Å². The summed E-state index contributed by atoms with van der Waals surface area (Å²) < 4.78 is 33.7. The molecule has 28 heavy (non-hydrogen) atoms. The molecule has 0 amide bonds. The highest BCUT2D eigenvalue weighted by atomic mass is 32.2. The number of ether oxygens (including phenoxy) is 1. The van der Waals surface area contributed by atoms with Gasteiger partial charge in [0.1, 0.15) is 0 Å². The molecule has 2 atom stereocenters. The fourth-order valence-corrected chi connectivity index (χ4v) is 6.65. The van der Waals surface area contributed by atoms with Gasteiger partial charge in [0, 0.05) is 37.1 Å². The minimum atomic E-state index is -3.45. The molecule has 3 aliphatic heterocycles. The number of rotatable bonds is 4. The van der Waals surface area contributed by atoms with Gasteiger partial charge in [-0.3, -0.25) is 4.90 Å². The number of benzene rings is 2. The highest BCUT2D eigenvalue weighted by Crippen LogP contribution is 2.46. The van der Waals surface area contributed by atoms with E-state index in [1.807, 2.05) is 12.1 Å². The molecular weight excluding hydrogens is 372 g/mol. The maximum absolute atomic E-state index is 13.2. The van der Waals surface area contributed by atoms with E-state index in [1.165, 1.54) is 5.56 Å². The van der Waals surface area contributed by atoms with E-state index in [9.17, 15) is 8.42 Å². The number of hydrogen-bond acceptors (Lipinski definition) is 4. The minimum absolute atomic E-state index is 0.232. The smallest absolute Gasteiger partial charge is 0.243 e. The van der Waals surface area contributed by atoms with Crippen LogP contribution in [-0.2, 0) is 21.3 Å². The van der Waals surface area contributed by atoms with Gasteiger partial charge < -0.3 is 4.74 Å². The average Bonchev–Trinajstić information content (AvgIpc) is 2.68. The van der Waals surface area contributed by atoms with Crippen LogP contribution in [0.25, 0.3) is 0 Å². The van der Waals surface area contributed by atoms with Crippen molar-refractivity contribution in [1.29, 1.82) is 0 Å². The summed E-state index contributed by atoms with van der Waals surface area (Å²) in [6.45, 7) is 3.65. The van der Waals surface area contributed by atoms with Crippen LogP contribution in [-0.4, -0.2) is 56.0 Å². The summed E-state index contributed by atoms with van der Waals surface area (Å²) in [6, 6.07) is 19.8. The first kappa shape index (κ1) is 18.3. The SMILES string of the molecule is O=S(=O)(c1ccccc1)N1CC2CC3(COC3)CC(C1)N2Cc1ccccc1. The molecule has 3 saturated heterocycles. The van der Waals surface area contributed by atoms with Gasteiger partial charge in [0.15, 0.2) is 0 Å². The molecule has 3 fully saturated rings. The summed E-state index contributed by atoms with van der Waals surface area (Å²) in [6.07, 6.45) is 2.02. The fraction of sp³-hybridized carbons (Fsp3) is 0.455. The highest BCUT2D eigenvalue weighted by molar-refractivity contribution is 7.89. The summed E-state index contributed by atoms with van der Waals surface area (Å²) in [5, 5.41) is 0. The Kier molecular flexibility index (Phi) is 4.55. The molecule has 0 aromatic heterocycles. The van der Waals surface area contributed by atoms with Crippen LogP contribution in [0.3, 0.4) is 0 Å². The van der Waals surface area contributed by atoms with Crippen molar-refractivity contribution in [2.24, 2.45) is 5.41 Å². The Morgan fingerprint density at radius 1 is 0.893 bits per heavy atom. The third kappa shape index (κ3) is 3.18. The topological polar surface area (TPSA) is 49.9 Å². The summed E-state index contributed by atoms with van der Waals surface area (Å²) in [5.41, 5.74) is 1.54. The first-order valence-electron chi connectivity index (χ1n) is 9.98. The van der Waals surface area contributed by atoms with Gasteiger partial charge in [-0.2, -0.15) is 4.31 Å². The monoisotopic (exact) mass is 398 g/mol. The Balaban J connectivity index is 1.42. The van der Waals surface area contributed by atoms with Crippen molar-refractivity contribution in [2.45, 2.75) is 36.4 Å². The number of sulfonamides is 1. The van der Waals surface area contributed by atoms with Gasteiger partial charge in [-0.05, 0) is 30.5 Å². The molecule has 6 heteroatoms. The standard InChI is InChI=1S/C22H26N2O3S/c25-28(26,21-9-5-2-6-10-21)23-14-19-11-22(16-27-17-22)12-20(15-23)24(19)13-18-7-3-1-4-8-18/h1-10,19-20H,11-17H2. The van der Waals surface area contributed by atoms with Crippen molar-refractivity contribution < 1.29 is 13.2 Å². The Bertz CT molecular complexity index is 911. The zero-order valence-corrected chi connectivity index (χ0v) is 16.7. The molecule has 5 rings (SSSR count). The number of hydrogen-bond donors (Lipinski definition) is 0. The normalized spacial score (nSPS) is 27.4. The maximum atomic E-state index is 13.2. The zero-order valence-electron chi connectivity index (χ0n) is 15.9. The Morgan fingerprint density at radius 3 is 2.00 bits per heavy atom. The molecule has 0 aliphatic carbocycles. The number of piperidine rings is 1. The maximum Gasteiger partial charge on any atom is 0.243 e. The van der Waals surface area contributed by atoms with Crippen LogP contribution >= 0.6 is 0 Å². The summed E-state index contributed by atoms with van der Waals surface area (Å²) in [4.78, 5) is 2.93. The predicted octanol–water partition coefficient (Wildman–Crippen LogP) is 2.74. The van der Waals surface area contributed by atoms with E-state index in [0.717, 1.165) is 32.6 Å². The van der Waals surface area contributed by atoms with Gasteiger partial charge >= 0.3 is 0 Å². The molecule has 2 aromatic carbocycles. The molecule has 2 aromatic rings. The van der Waals surface area contributed by atoms with Gasteiger partial charge in [0.05, 0.1) is 18.1 Å². The Morgan fingerprint density at radius 2 is 1.46 bits per heavy atom. The first-order chi connectivity index (χ1) is 13.6. The summed E-state index contributed by atoms with van der Waals surface area (Å²) in [7, 11) is -3.45. The van der Waals surface area contributed by atoms with Gasteiger partial charge in [-0.25, -0.2) is 8.42 Å². The molecule has 3 aliphatic rings. The van der Waals surface area contributed by atoms with Gasteiger partial charge in [-0.15, -0.1) is 0 Å². The number of nitrogens with zero attached hydrogens (tertiary/aromatic N) is 2. The van der Waals surface area contributed by atoms with E-state index in [4.69, 9.17) is 4.74 Å². The van der Waals surface area contributed by atoms with Crippen LogP contribution in [0.2, 0.25) is 0 Å². The van der Waals surface area contributed by atoms with Gasteiger partial charge in [0.2, 0.25) is 10.0 Å². The average molecular weight is 399 g/mol. The van der Waals surface area contributed by atoms with E-state index in [-0.39, 0.29) is 17.5 Å². The van der Waals surface area contributed by atoms with Crippen molar-refractivity contribution in [3.63, 3.8) is 0 Å². The lowest BCUT2D eigenvalue weighted by Gasteiger charge is -2.58. The third-order valence-electron chi connectivity index (χ3n) is 6.51. The summed E-state index contributed by atoms with van der Waals surface area (Å²) >= 11 is 0. The van der Waals surface area contributed by atoms with E-state index in [0.29, 0.717) is 18.0 Å². The van der Waals surface area contributed by atoms with Crippen molar-refractivity contribution in [3.8, 4) is 0 Å². The van der Waals surface area contributed by atoms with Crippen LogP contribution in [0.4, 0.5) is 0 Å². The quantitative estimate of drug-likeness (QED) is 0.795. The van der Waals surface area contributed by atoms with E-state index >= 15 is 0 Å². The van der Waals surface area contributed by atoms with Gasteiger partial charge in [-0.1, -0.05) is 48.5 Å². The molecule has 0 saturated carbocycles. The highest BCUT2D eigenvalue weighted by Gasteiger charge is 2.53. The van der Waals surface area contributed by atoms with Crippen LogP contribution in [0.5, 0.6) is 0 Å². The van der Waals surface area contributed by atoms with Crippen LogP contribution in [0.15, 0.2) is 65.6 Å². The van der Waals surface area contributed by atoms with Gasteiger partial charge in [0.25, 0.3) is 0 Å². The molecule has 0 radical (unpaired) electrons. The second-order valence-electron chi connectivity index (χ2n) is 8.50. The molecule has 2 unspecified atom stereocenters. The third-order valence-corrected chi connectivity index (χ3v) is 8.36. The molecule has 5 nitrogen and oxygen atoms in total. The Labute approximate surface area is 167 Å². The summed E-state index contributed by atoms with van der Waals surface area (Å²) in [5.74, 6) is 0. The van der Waals surface area contributed by atoms with E-state index < -0.39 is 10.0 Å². The van der Waals surface area contributed by atoms with Crippen molar-refractivity contribution in [1.82, 2.24) is 9.21 Å². The molecule has 148 valence electrons. The van der Waals surface area contributed by atoms with E-state index in [2.05, 4.69) is 29.2 Å². The second-order valence-corrected chi connectivity index (χ2v) is 10.4. The molecular formula is C22H26N2O3S. The zero-order chi connectivity index (χ0) is 19.2. The lowest BCUT2D eigenvalue weighted by atomic mass is 9.69. The molecule has 0 N–H and O–H groups in total. The lowest BCUT2D eigenvalue weighted by Crippen LogP contribution is -2.67. The molecule has 2 bridgehead atoms. The van der Waals surface area contributed by atoms with Crippen molar-refractivity contribution in [2.75, 3.05) is 26.3 Å². The second kappa shape index (κ2) is 6.95. The Hall–Kier alpha value is -1.73. The van der Waals surface area contributed by atoms with Crippen molar-refractivity contribution in [3.05, 3.63) is 66.2 Å². The molecule has 1 spiro atoms. The van der Waals surface area contributed by atoms with Crippen LogP contribution in [0, 0.1) is 5.41 Å². The minimum Gasteiger partial charge on any atom is -0.380 e. The largest absolute Gasteiger partial charge is 0.380 e. The first-order valence-corrected chi connectivity index (χ1v) is 11.4. The number of piperazine rings is 1. The lowest BCUT2D eigenvalue weighted by molar-refractivity contribution is -0.176. The van der Waals surface area contributed by atoms with Crippen molar-refractivity contribution >= 4 is 10.0 Å². The predicted molar refractivity (Wildman–Crippen MR) is 107 cm³/mol. The van der Waals surface area contributed by atoms with Crippen LogP contribution < -0.4 is 0 Å². The molecule has 3 heterocycles. The number of fused-ring (bicyclic) bond motifs is 2. The fourth-order valence-electron chi connectivity index (χ4n) is 5.12. The van der Waals surface area contributed by atoms with E-state index in [1.54, 1.807) is 28.6 Å².